The van der Waals surface area contributed by atoms with Crippen molar-refractivity contribution in [1.29, 1.82) is 0 Å². The molecule has 154 valence electrons. The summed E-state index contributed by atoms with van der Waals surface area (Å²) >= 11 is 0. The van der Waals surface area contributed by atoms with E-state index in [4.69, 9.17) is 4.74 Å². The lowest BCUT2D eigenvalue weighted by molar-refractivity contribution is 0.102. The van der Waals surface area contributed by atoms with Crippen LogP contribution in [0, 0.1) is 0 Å². The first kappa shape index (κ1) is 20.0. The van der Waals surface area contributed by atoms with Crippen molar-refractivity contribution < 1.29 is 9.53 Å². The second-order valence-corrected chi connectivity index (χ2v) is 7.48. The van der Waals surface area contributed by atoms with E-state index in [-0.39, 0.29) is 5.91 Å². The van der Waals surface area contributed by atoms with Crippen LogP contribution in [0.3, 0.4) is 0 Å². The average Bonchev–Trinajstić information content (AvgIpc) is 2.81. The van der Waals surface area contributed by atoms with Crippen LogP contribution in [-0.4, -0.2) is 44.1 Å². The van der Waals surface area contributed by atoms with Crippen LogP contribution in [-0.2, 0) is 6.54 Å². The van der Waals surface area contributed by atoms with E-state index in [9.17, 15) is 4.79 Å². The number of carbonyl (C=O) groups excluding carboxylic acids is 1. The SMILES string of the molecule is COc1ccc(C(=O)Nc2ccc(CN3CCN(c4ccccc4)CC3)cc2)cc1. The molecule has 30 heavy (non-hydrogen) atoms. The highest BCUT2D eigenvalue weighted by molar-refractivity contribution is 6.04. The molecule has 3 aromatic rings. The average molecular weight is 402 g/mol. The van der Waals surface area contributed by atoms with E-state index in [0.717, 1.165) is 44.2 Å². The summed E-state index contributed by atoms with van der Waals surface area (Å²) in [5.74, 6) is 0.614. The van der Waals surface area contributed by atoms with Gasteiger partial charge >= 0.3 is 0 Å². The van der Waals surface area contributed by atoms with Gasteiger partial charge in [0.15, 0.2) is 0 Å². The number of amides is 1. The van der Waals surface area contributed by atoms with E-state index in [2.05, 4.69) is 57.6 Å². The first-order valence-electron chi connectivity index (χ1n) is 10.3. The number of methoxy groups -OCH3 is 1. The minimum Gasteiger partial charge on any atom is -0.497 e. The first-order valence-corrected chi connectivity index (χ1v) is 10.3. The highest BCUT2D eigenvalue weighted by atomic mass is 16.5. The van der Waals surface area contributed by atoms with E-state index >= 15 is 0 Å². The number of ether oxygens (including phenoxy) is 1. The molecule has 0 radical (unpaired) electrons. The van der Waals surface area contributed by atoms with Crippen molar-refractivity contribution in [2.45, 2.75) is 6.54 Å². The first-order chi connectivity index (χ1) is 14.7. The summed E-state index contributed by atoms with van der Waals surface area (Å²) in [6, 6.07) is 25.8. The van der Waals surface area contributed by atoms with Gasteiger partial charge in [-0.1, -0.05) is 30.3 Å². The van der Waals surface area contributed by atoms with Crippen LogP contribution >= 0.6 is 0 Å². The number of hydrogen-bond acceptors (Lipinski definition) is 4. The van der Waals surface area contributed by atoms with Crippen molar-refractivity contribution in [2.24, 2.45) is 0 Å². The largest absolute Gasteiger partial charge is 0.497 e. The fraction of sp³-hybridized carbons (Fsp3) is 0.240. The highest BCUT2D eigenvalue weighted by Crippen LogP contribution is 2.18. The zero-order chi connectivity index (χ0) is 20.8. The Hall–Kier alpha value is -3.31. The molecule has 3 aromatic carbocycles. The highest BCUT2D eigenvalue weighted by Gasteiger charge is 2.17. The van der Waals surface area contributed by atoms with Gasteiger partial charge < -0.3 is 15.0 Å². The summed E-state index contributed by atoms with van der Waals surface area (Å²) in [5, 5.41) is 2.95. The maximum absolute atomic E-state index is 12.4. The smallest absolute Gasteiger partial charge is 0.255 e. The molecule has 1 heterocycles. The monoisotopic (exact) mass is 401 g/mol. The topological polar surface area (TPSA) is 44.8 Å². The zero-order valence-corrected chi connectivity index (χ0v) is 17.3. The second-order valence-electron chi connectivity index (χ2n) is 7.48. The maximum Gasteiger partial charge on any atom is 0.255 e. The number of benzene rings is 3. The molecule has 1 fully saturated rings. The summed E-state index contributed by atoms with van der Waals surface area (Å²) in [6.45, 7) is 5.10. The maximum atomic E-state index is 12.4. The Labute approximate surface area is 177 Å². The molecule has 1 N–H and O–H groups in total. The predicted molar refractivity (Wildman–Crippen MR) is 121 cm³/mol. The van der Waals surface area contributed by atoms with E-state index in [1.807, 2.05) is 12.1 Å². The van der Waals surface area contributed by atoms with Crippen LogP contribution in [0.2, 0.25) is 0 Å². The fourth-order valence-corrected chi connectivity index (χ4v) is 3.70. The summed E-state index contributed by atoms with van der Waals surface area (Å²) in [5.41, 5.74) is 3.96. The molecule has 0 atom stereocenters. The molecule has 0 aromatic heterocycles. The third-order valence-electron chi connectivity index (χ3n) is 5.46. The Morgan fingerprint density at radius 2 is 1.53 bits per heavy atom. The van der Waals surface area contributed by atoms with Gasteiger partial charge in [-0.3, -0.25) is 9.69 Å². The van der Waals surface area contributed by atoms with Crippen LogP contribution in [0.25, 0.3) is 0 Å². The summed E-state index contributed by atoms with van der Waals surface area (Å²) in [7, 11) is 1.61. The van der Waals surface area contributed by atoms with Crippen LogP contribution in [0.5, 0.6) is 5.75 Å². The number of para-hydroxylation sites is 1. The molecule has 5 nitrogen and oxygen atoms in total. The zero-order valence-electron chi connectivity index (χ0n) is 17.3. The Morgan fingerprint density at radius 3 is 2.17 bits per heavy atom. The molecule has 0 unspecified atom stereocenters. The molecule has 5 heteroatoms. The van der Waals surface area contributed by atoms with Gasteiger partial charge in [0.25, 0.3) is 5.91 Å². The van der Waals surface area contributed by atoms with E-state index < -0.39 is 0 Å². The second kappa shape index (κ2) is 9.46. The number of rotatable bonds is 6. The Balaban J connectivity index is 1.28. The number of nitrogens with one attached hydrogen (secondary N) is 1. The molecule has 4 rings (SSSR count). The third-order valence-corrected chi connectivity index (χ3v) is 5.46. The van der Waals surface area contributed by atoms with Crippen molar-refractivity contribution in [3.63, 3.8) is 0 Å². The van der Waals surface area contributed by atoms with E-state index in [0.29, 0.717) is 5.56 Å². The van der Waals surface area contributed by atoms with Crippen molar-refractivity contribution in [3.8, 4) is 5.75 Å². The number of carbonyl (C=O) groups is 1. The van der Waals surface area contributed by atoms with Gasteiger partial charge in [0.1, 0.15) is 5.75 Å². The van der Waals surface area contributed by atoms with Crippen LogP contribution in [0.15, 0.2) is 78.9 Å². The van der Waals surface area contributed by atoms with Gasteiger partial charge in [-0.25, -0.2) is 0 Å². The van der Waals surface area contributed by atoms with Crippen LogP contribution in [0.4, 0.5) is 11.4 Å². The lowest BCUT2D eigenvalue weighted by Gasteiger charge is -2.36. The van der Waals surface area contributed by atoms with E-state index in [1.165, 1.54) is 11.3 Å². The standard InChI is InChI=1S/C25H27N3O2/c1-30-24-13-9-21(10-14-24)25(29)26-22-11-7-20(8-12-22)19-27-15-17-28(18-16-27)23-5-3-2-4-6-23/h2-14H,15-19H2,1H3,(H,26,29). The van der Waals surface area contributed by atoms with Gasteiger partial charge in [-0.2, -0.15) is 0 Å². The minimum atomic E-state index is -0.123. The molecule has 1 aliphatic heterocycles. The van der Waals surface area contributed by atoms with Crippen molar-refractivity contribution >= 4 is 17.3 Å². The van der Waals surface area contributed by atoms with Crippen molar-refractivity contribution in [2.75, 3.05) is 43.5 Å². The van der Waals surface area contributed by atoms with Crippen molar-refractivity contribution in [1.82, 2.24) is 4.90 Å². The number of anilines is 2. The molecule has 0 bridgehead atoms. The van der Waals surface area contributed by atoms with E-state index in [1.54, 1.807) is 31.4 Å². The number of hydrogen-bond donors (Lipinski definition) is 1. The molecule has 1 amide bonds. The Bertz CT molecular complexity index is 948. The fourth-order valence-electron chi connectivity index (χ4n) is 3.70. The molecular formula is C25H27N3O2. The van der Waals surface area contributed by atoms with Crippen LogP contribution in [0.1, 0.15) is 15.9 Å². The quantitative estimate of drug-likeness (QED) is 0.670. The summed E-state index contributed by atoms with van der Waals surface area (Å²) in [4.78, 5) is 17.3. The third kappa shape index (κ3) is 4.99. The molecular weight excluding hydrogens is 374 g/mol. The Morgan fingerprint density at radius 1 is 0.867 bits per heavy atom. The van der Waals surface area contributed by atoms with Crippen LogP contribution < -0.4 is 15.0 Å². The number of piperazine rings is 1. The molecule has 0 spiro atoms. The van der Waals surface area contributed by atoms with Gasteiger partial charge in [-0.15, -0.1) is 0 Å². The lowest BCUT2D eigenvalue weighted by Crippen LogP contribution is -2.45. The normalized spacial score (nSPS) is 14.4. The lowest BCUT2D eigenvalue weighted by atomic mass is 10.1. The molecule has 0 aliphatic carbocycles. The minimum absolute atomic E-state index is 0.123. The Kier molecular flexibility index (Phi) is 6.30. The van der Waals surface area contributed by atoms with Gasteiger partial charge in [0.2, 0.25) is 0 Å². The summed E-state index contributed by atoms with van der Waals surface area (Å²) in [6.07, 6.45) is 0. The van der Waals surface area contributed by atoms with Gasteiger partial charge in [-0.05, 0) is 54.1 Å². The molecule has 0 saturated carbocycles. The molecule has 1 saturated heterocycles. The summed E-state index contributed by atoms with van der Waals surface area (Å²) < 4.78 is 5.13. The van der Waals surface area contributed by atoms with Gasteiger partial charge in [0, 0.05) is 49.7 Å². The molecule has 1 aliphatic rings. The van der Waals surface area contributed by atoms with Crippen molar-refractivity contribution in [3.05, 3.63) is 90.0 Å². The van der Waals surface area contributed by atoms with Gasteiger partial charge in [0.05, 0.1) is 7.11 Å². The predicted octanol–water partition coefficient (Wildman–Crippen LogP) is 4.27. The number of nitrogens with zero attached hydrogens (tertiary/aromatic N) is 2.